The molecule has 2 aromatic rings. The lowest BCUT2D eigenvalue weighted by molar-refractivity contribution is -0.115. The number of rotatable bonds is 3. The molecule has 1 heterocycles. The first-order valence-corrected chi connectivity index (χ1v) is 6.53. The van der Waals surface area contributed by atoms with E-state index in [1.165, 1.54) is 0 Å². The monoisotopic (exact) mass is 289 g/mol. The molecule has 0 atom stereocenters. The maximum absolute atomic E-state index is 12.0. The van der Waals surface area contributed by atoms with Gasteiger partial charge in [0.15, 0.2) is 11.5 Å². The molecular formula is C15H12ClNO3. The lowest BCUT2D eigenvalue weighted by Crippen LogP contribution is -2.14. The van der Waals surface area contributed by atoms with Crippen molar-refractivity contribution < 1.29 is 14.3 Å². The van der Waals surface area contributed by atoms with Crippen LogP contribution in [-0.2, 0) is 11.2 Å². The lowest BCUT2D eigenvalue weighted by atomic mass is 10.1. The largest absolute Gasteiger partial charge is 0.454 e. The highest BCUT2D eigenvalue weighted by atomic mass is 35.5. The van der Waals surface area contributed by atoms with Gasteiger partial charge in [-0.3, -0.25) is 4.79 Å². The number of hydrogen-bond donors (Lipinski definition) is 1. The summed E-state index contributed by atoms with van der Waals surface area (Å²) in [7, 11) is 0. The van der Waals surface area contributed by atoms with Crippen LogP contribution in [0.25, 0.3) is 0 Å². The number of carbonyl (C=O) groups is 1. The van der Waals surface area contributed by atoms with Crippen LogP contribution in [0.2, 0.25) is 5.02 Å². The quantitative estimate of drug-likeness (QED) is 0.943. The van der Waals surface area contributed by atoms with E-state index >= 15 is 0 Å². The van der Waals surface area contributed by atoms with Crippen molar-refractivity contribution in [3.8, 4) is 11.5 Å². The zero-order chi connectivity index (χ0) is 13.9. The van der Waals surface area contributed by atoms with Gasteiger partial charge >= 0.3 is 0 Å². The minimum Gasteiger partial charge on any atom is -0.454 e. The number of nitrogens with one attached hydrogen (secondary N) is 1. The van der Waals surface area contributed by atoms with E-state index in [4.69, 9.17) is 21.1 Å². The zero-order valence-corrected chi connectivity index (χ0v) is 11.3. The van der Waals surface area contributed by atoms with Gasteiger partial charge in [0.1, 0.15) is 0 Å². The highest BCUT2D eigenvalue weighted by molar-refractivity contribution is 6.33. The van der Waals surface area contributed by atoms with Crippen molar-refractivity contribution in [2.75, 3.05) is 12.1 Å². The number of benzene rings is 2. The second kappa shape index (κ2) is 5.43. The number of fused-ring (bicyclic) bond motifs is 1. The van der Waals surface area contributed by atoms with Crippen LogP contribution in [0.1, 0.15) is 5.56 Å². The van der Waals surface area contributed by atoms with E-state index in [9.17, 15) is 4.79 Å². The third-order valence-electron chi connectivity index (χ3n) is 2.95. The Morgan fingerprint density at radius 3 is 2.80 bits per heavy atom. The van der Waals surface area contributed by atoms with Crippen molar-refractivity contribution in [2.45, 2.75) is 6.42 Å². The summed E-state index contributed by atoms with van der Waals surface area (Å²) in [5, 5.41) is 3.30. The molecule has 0 radical (unpaired) electrons. The number of para-hydroxylation sites is 1. The van der Waals surface area contributed by atoms with E-state index in [0.29, 0.717) is 22.2 Å². The Morgan fingerprint density at radius 2 is 1.95 bits per heavy atom. The molecule has 0 fully saturated rings. The smallest absolute Gasteiger partial charge is 0.231 e. The fourth-order valence-electron chi connectivity index (χ4n) is 1.99. The predicted molar refractivity (Wildman–Crippen MR) is 76.4 cm³/mol. The molecule has 0 saturated heterocycles. The van der Waals surface area contributed by atoms with Crippen LogP contribution in [0.15, 0.2) is 42.5 Å². The van der Waals surface area contributed by atoms with Gasteiger partial charge in [0.2, 0.25) is 12.7 Å². The third kappa shape index (κ3) is 2.70. The second-order valence-corrected chi connectivity index (χ2v) is 4.80. The van der Waals surface area contributed by atoms with Gasteiger partial charge in [-0.25, -0.2) is 0 Å². The molecule has 0 aromatic heterocycles. The zero-order valence-electron chi connectivity index (χ0n) is 10.6. The number of carbonyl (C=O) groups excluding carboxylic acids is 1. The molecule has 1 N–H and O–H groups in total. The molecule has 4 nitrogen and oxygen atoms in total. The number of hydrogen-bond acceptors (Lipinski definition) is 3. The van der Waals surface area contributed by atoms with E-state index in [0.717, 1.165) is 5.56 Å². The third-order valence-corrected chi connectivity index (χ3v) is 3.28. The molecule has 20 heavy (non-hydrogen) atoms. The summed E-state index contributed by atoms with van der Waals surface area (Å²) in [5.74, 6) is 1.25. The van der Waals surface area contributed by atoms with Crippen LogP contribution in [0.5, 0.6) is 11.5 Å². The molecule has 1 aliphatic rings. The van der Waals surface area contributed by atoms with Gasteiger partial charge in [-0.1, -0.05) is 29.8 Å². The van der Waals surface area contributed by atoms with Crippen molar-refractivity contribution in [1.29, 1.82) is 0 Å². The molecule has 2 aromatic carbocycles. The summed E-state index contributed by atoms with van der Waals surface area (Å²) in [4.78, 5) is 12.0. The first-order chi connectivity index (χ1) is 9.72. The molecule has 1 amide bonds. The van der Waals surface area contributed by atoms with E-state index in [-0.39, 0.29) is 19.1 Å². The average Bonchev–Trinajstić information content (AvgIpc) is 2.89. The summed E-state index contributed by atoms with van der Waals surface area (Å²) in [6, 6.07) is 12.6. The fourth-order valence-corrected chi connectivity index (χ4v) is 2.18. The Labute approximate surface area is 121 Å². The Bertz CT molecular complexity index is 657. The van der Waals surface area contributed by atoms with Gasteiger partial charge in [-0.15, -0.1) is 0 Å². The van der Waals surface area contributed by atoms with Gasteiger partial charge in [-0.2, -0.15) is 0 Å². The van der Waals surface area contributed by atoms with Gasteiger partial charge < -0.3 is 14.8 Å². The topological polar surface area (TPSA) is 47.6 Å². The second-order valence-electron chi connectivity index (χ2n) is 4.39. The average molecular weight is 290 g/mol. The van der Waals surface area contributed by atoms with Crippen molar-refractivity contribution in [3.63, 3.8) is 0 Å². The molecule has 0 spiro atoms. The van der Waals surface area contributed by atoms with Crippen LogP contribution in [-0.4, -0.2) is 12.7 Å². The maximum atomic E-state index is 12.0. The Hall–Kier alpha value is -2.20. The first kappa shape index (κ1) is 12.8. The van der Waals surface area contributed by atoms with E-state index in [1.54, 1.807) is 18.2 Å². The molecule has 102 valence electrons. The SMILES string of the molecule is O=C(Cc1ccc2c(c1)OCO2)Nc1ccccc1Cl. The standard InChI is InChI=1S/C15H12ClNO3/c16-11-3-1-2-4-12(11)17-15(18)8-10-5-6-13-14(7-10)20-9-19-13/h1-7H,8-9H2,(H,17,18). The summed E-state index contributed by atoms with van der Waals surface area (Å²) < 4.78 is 10.5. The Kier molecular flexibility index (Phi) is 3.48. The molecule has 1 aliphatic heterocycles. The van der Waals surface area contributed by atoms with E-state index in [1.807, 2.05) is 24.3 Å². The summed E-state index contributed by atoms with van der Waals surface area (Å²) in [6.45, 7) is 0.227. The summed E-state index contributed by atoms with van der Waals surface area (Å²) in [5.41, 5.74) is 1.47. The first-order valence-electron chi connectivity index (χ1n) is 6.15. The number of amides is 1. The summed E-state index contributed by atoms with van der Waals surface area (Å²) >= 11 is 6.00. The van der Waals surface area contributed by atoms with Gasteiger partial charge in [0, 0.05) is 0 Å². The van der Waals surface area contributed by atoms with Crippen LogP contribution in [0.4, 0.5) is 5.69 Å². The van der Waals surface area contributed by atoms with Gasteiger partial charge in [0.05, 0.1) is 17.1 Å². The highest BCUT2D eigenvalue weighted by Gasteiger charge is 2.14. The van der Waals surface area contributed by atoms with Gasteiger partial charge in [-0.05, 0) is 29.8 Å². The summed E-state index contributed by atoms with van der Waals surface area (Å²) in [6.07, 6.45) is 0.252. The Morgan fingerprint density at radius 1 is 1.15 bits per heavy atom. The normalized spacial score (nSPS) is 12.2. The van der Waals surface area contributed by atoms with Gasteiger partial charge in [0.25, 0.3) is 0 Å². The molecule has 5 heteroatoms. The molecule has 0 saturated carbocycles. The van der Waals surface area contributed by atoms with Crippen molar-refractivity contribution in [3.05, 3.63) is 53.1 Å². The minimum atomic E-state index is -0.128. The highest BCUT2D eigenvalue weighted by Crippen LogP contribution is 2.32. The van der Waals surface area contributed by atoms with Crippen LogP contribution < -0.4 is 14.8 Å². The van der Waals surface area contributed by atoms with Crippen molar-refractivity contribution in [2.24, 2.45) is 0 Å². The number of ether oxygens (including phenoxy) is 2. The fraction of sp³-hybridized carbons (Fsp3) is 0.133. The number of anilines is 1. The number of halogens is 1. The maximum Gasteiger partial charge on any atom is 0.231 e. The minimum absolute atomic E-state index is 0.128. The van der Waals surface area contributed by atoms with Crippen molar-refractivity contribution in [1.82, 2.24) is 0 Å². The van der Waals surface area contributed by atoms with Crippen LogP contribution >= 0.6 is 11.6 Å². The molecular weight excluding hydrogens is 278 g/mol. The molecule has 0 bridgehead atoms. The van der Waals surface area contributed by atoms with Crippen LogP contribution in [0, 0.1) is 0 Å². The van der Waals surface area contributed by atoms with E-state index in [2.05, 4.69) is 5.32 Å². The molecule has 0 aliphatic carbocycles. The molecule has 3 rings (SSSR count). The molecule has 0 unspecified atom stereocenters. The predicted octanol–water partition coefficient (Wildman–Crippen LogP) is 3.25. The lowest BCUT2D eigenvalue weighted by Gasteiger charge is -2.07. The van der Waals surface area contributed by atoms with E-state index < -0.39 is 0 Å². The Balaban J connectivity index is 1.69. The van der Waals surface area contributed by atoms with Crippen molar-refractivity contribution >= 4 is 23.2 Å². The van der Waals surface area contributed by atoms with Crippen LogP contribution in [0.3, 0.4) is 0 Å².